The molecule has 3 rings (SSSR count). The Hall–Kier alpha value is -1.88. The number of carbonyl (C=O) groups is 2. The van der Waals surface area contributed by atoms with Gasteiger partial charge in [0.25, 0.3) is 0 Å². The summed E-state index contributed by atoms with van der Waals surface area (Å²) in [5, 5.41) is 6.39. The third-order valence-corrected chi connectivity index (χ3v) is 5.10. The molecule has 130 valence electrons. The first-order valence-corrected chi connectivity index (χ1v) is 9.05. The van der Waals surface area contributed by atoms with Gasteiger partial charge in [0, 0.05) is 32.1 Å². The number of likely N-dealkylation sites (tertiary alicyclic amines) is 1. The van der Waals surface area contributed by atoms with Gasteiger partial charge in [0.1, 0.15) is 0 Å². The summed E-state index contributed by atoms with van der Waals surface area (Å²) in [7, 11) is 0. The number of aryl methyl sites for hydroxylation is 1. The van der Waals surface area contributed by atoms with E-state index >= 15 is 0 Å². The highest BCUT2D eigenvalue weighted by Crippen LogP contribution is 2.15. The number of rotatable bonds is 5. The lowest BCUT2D eigenvalue weighted by atomic mass is 10.0. The molecule has 24 heavy (non-hydrogen) atoms. The molecule has 2 N–H and O–H groups in total. The van der Waals surface area contributed by atoms with Crippen LogP contribution in [0, 0.1) is 5.92 Å². The van der Waals surface area contributed by atoms with E-state index in [0.29, 0.717) is 6.42 Å². The van der Waals surface area contributed by atoms with Gasteiger partial charge in [0.2, 0.25) is 11.8 Å². The second-order valence-electron chi connectivity index (χ2n) is 6.84. The molecule has 2 fully saturated rings. The van der Waals surface area contributed by atoms with Gasteiger partial charge in [0.05, 0.1) is 5.92 Å². The van der Waals surface area contributed by atoms with E-state index in [0.717, 1.165) is 51.9 Å². The van der Waals surface area contributed by atoms with E-state index in [9.17, 15) is 9.59 Å². The highest BCUT2D eigenvalue weighted by molar-refractivity contribution is 5.79. The summed E-state index contributed by atoms with van der Waals surface area (Å²) in [4.78, 5) is 26.4. The number of piperidine rings is 1. The van der Waals surface area contributed by atoms with Crippen molar-refractivity contribution in [3.63, 3.8) is 0 Å². The zero-order chi connectivity index (χ0) is 16.8. The number of nitrogens with zero attached hydrogens (tertiary/aromatic N) is 1. The molecule has 0 aromatic heterocycles. The molecular formula is C19H27N3O2. The molecular weight excluding hydrogens is 302 g/mol. The maximum absolute atomic E-state index is 12.3. The summed E-state index contributed by atoms with van der Waals surface area (Å²) in [6, 6.07) is 10.4. The van der Waals surface area contributed by atoms with Crippen molar-refractivity contribution in [1.82, 2.24) is 15.5 Å². The quantitative estimate of drug-likeness (QED) is 0.857. The van der Waals surface area contributed by atoms with Crippen molar-refractivity contribution >= 4 is 11.8 Å². The smallest absolute Gasteiger partial charge is 0.224 e. The predicted octanol–water partition coefficient (Wildman–Crippen LogP) is 1.34. The van der Waals surface area contributed by atoms with Crippen LogP contribution >= 0.6 is 0 Å². The van der Waals surface area contributed by atoms with Gasteiger partial charge in [-0.3, -0.25) is 9.59 Å². The maximum atomic E-state index is 12.3. The average molecular weight is 329 g/mol. The van der Waals surface area contributed by atoms with E-state index in [2.05, 4.69) is 22.8 Å². The molecule has 5 nitrogen and oxygen atoms in total. The fourth-order valence-electron chi connectivity index (χ4n) is 3.52. The molecule has 0 bridgehead atoms. The minimum atomic E-state index is 0.121. The fourth-order valence-corrected chi connectivity index (χ4v) is 3.52. The molecule has 1 unspecified atom stereocenters. The number of hydrogen-bond acceptors (Lipinski definition) is 3. The Balaban J connectivity index is 1.38. The van der Waals surface area contributed by atoms with Crippen LogP contribution in [0.2, 0.25) is 0 Å². The second kappa shape index (κ2) is 8.29. The van der Waals surface area contributed by atoms with Crippen molar-refractivity contribution < 1.29 is 9.59 Å². The number of amides is 2. The molecule has 2 aliphatic rings. The van der Waals surface area contributed by atoms with Crippen molar-refractivity contribution in [2.45, 2.75) is 38.1 Å². The van der Waals surface area contributed by atoms with E-state index in [1.54, 1.807) is 0 Å². The number of hydrogen-bond donors (Lipinski definition) is 2. The first kappa shape index (κ1) is 17.0. The average Bonchev–Trinajstić information content (AvgIpc) is 3.16. The fraction of sp³-hybridized carbons (Fsp3) is 0.579. The minimum Gasteiger partial charge on any atom is -0.353 e. The van der Waals surface area contributed by atoms with Crippen LogP contribution in [0.4, 0.5) is 0 Å². The molecule has 2 amide bonds. The lowest BCUT2D eigenvalue weighted by Gasteiger charge is -2.33. The van der Waals surface area contributed by atoms with Crippen LogP contribution in [0.5, 0.6) is 0 Å². The molecule has 1 atom stereocenters. The Morgan fingerprint density at radius 3 is 2.54 bits per heavy atom. The highest BCUT2D eigenvalue weighted by Gasteiger charge is 2.27. The van der Waals surface area contributed by atoms with Gasteiger partial charge in [-0.05, 0) is 37.8 Å². The van der Waals surface area contributed by atoms with Crippen LogP contribution < -0.4 is 10.6 Å². The van der Waals surface area contributed by atoms with E-state index < -0.39 is 0 Å². The summed E-state index contributed by atoms with van der Waals surface area (Å²) in [5.41, 5.74) is 1.21. The van der Waals surface area contributed by atoms with Crippen molar-refractivity contribution in [2.75, 3.05) is 26.2 Å². The van der Waals surface area contributed by atoms with Crippen molar-refractivity contribution in [3.05, 3.63) is 35.9 Å². The van der Waals surface area contributed by atoms with Gasteiger partial charge in [0.15, 0.2) is 0 Å². The molecule has 1 aromatic rings. The Labute approximate surface area is 143 Å². The van der Waals surface area contributed by atoms with Crippen molar-refractivity contribution in [1.29, 1.82) is 0 Å². The molecule has 1 aromatic carbocycles. The third-order valence-electron chi connectivity index (χ3n) is 5.10. The van der Waals surface area contributed by atoms with E-state index in [-0.39, 0.29) is 23.8 Å². The molecule has 2 heterocycles. The largest absolute Gasteiger partial charge is 0.353 e. The Kier molecular flexibility index (Phi) is 5.86. The van der Waals surface area contributed by atoms with E-state index in [1.807, 2.05) is 23.1 Å². The summed E-state index contributed by atoms with van der Waals surface area (Å²) in [6.07, 6.45) is 4.02. The Bertz CT molecular complexity index is 547. The Morgan fingerprint density at radius 1 is 1.12 bits per heavy atom. The van der Waals surface area contributed by atoms with Crippen LogP contribution in [-0.2, 0) is 16.0 Å². The minimum absolute atomic E-state index is 0.121. The summed E-state index contributed by atoms with van der Waals surface area (Å²) < 4.78 is 0. The molecule has 2 saturated heterocycles. The van der Waals surface area contributed by atoms with Crippen LogP contribution in [0.15, 0.2) is 30.3 Å². The topological polar surface area (TPSA) is 61.4 Å². The van der Waals surface area contributed by atoms with Crippen LogP contribution in [-0.4, -0.2) is 48.9 Å². The second-order valence-corrected chi connectivity index (χ2v) is 6.84. The molecule has 0 radical (unpaired) electrons. The summed E-state index contributed by atoms with van der Waals surface area (Å²) in [5.74, 6) is 0.521. The Morgan fingerprint density at radius 2 is 1.88 bits per heavy atom. The summed E-state index contributed by atoms with van der Waals surface area (Å²) >= 11 is 0. The third kappa shape index (κ3) is 4.57. The predicted molar refractivity (Wildman–Crippen MR) is 93.5 cm³/mol. The van der Waals surface area contributed by atoms with Gasteiger partial charge < -0.3 is 15.5 Å². The van der Waals surface area contributed by atoms with E-state index in [4.69, 9.17) is 0 Å². The maximum Gasteiger partial charge on any atom is 0.224 e. The zero-order valence-corrected chi connectivity index (χ0v) is 14.2. The lowest BCUT2D eigenvalue weighted by Crippen LogP contribution is -2.48. The monoisotopic (exact) mass is 329 g/mol. The van der Waals surface area contributed by atoms with Gasteiger partial charge in [-0.25, -0.2) is 0 Å². The molecule has 0 saturated carbocycles. The normalized spacial score (nSPS) is 21.7. The van der Waals surface area contributed by atoms with Crippen LogP contribution in [0.25, 0.3) is 0 Å². The lowest BCUT2D eigenvalue weighted by molar-refractivity contribution is -0.132. The van der Waals surface area contributed by atoms with Crippen LogP contribution in [0.3, 0.4) is 0 Å². The van der Waals surface area contributed by atoms with Crippen molar-refractivity contribution in [2.24, 2.45) is 5.92 Å². The van der Waals surface area contributed by atoms with Gasteiger partial charge >= 0.3 is 0 Å². The molecule has 5 heteroatoms. The molecule has 2 aliphatic heterocycles. The van der Waals surface area contributed by atoms with E-state index in [1.165, 1.54) is 5.56 Å². The molecule has 0 spiro atoms. The highest BCUT2D eigenvalue weighted by atomic mass is 16.2. The SMILES string of the molecule is O=C(NC1CCN(C(=O)CCc2ccccc2)CC1)C1CCNC1. The first-order chi connectivity index (χ1) is 11.7. The van der Waals surface area contributed by atoms with Crippen LogP contribution in [0.1, 0.15) is 31.2 Å². The first-order valence-electron chi connectivity index (χ1n) is 9.05. The van der Waals surface area contributed by atoms with Gasteiger partial charge in [-0.15, -0.1) is 0 Å². The standard InChI is InChI=1S/C19H27N3O2/c23-18(7-6-15-4-2-1-3-5-15)22-12-9-17(10-13-22)21-19(24)16-8-11-20-14-16/h1-5,16-17,20H,6-14H2,(H,21,24). The number of benzene rings is 1. The van der Waals surface area contributed by atoms with Gasteiger partial charge in [-0.1, -0.05) is 30.3 Å². The number of nitrogens with one attached hydrogen (secondary N) is 2. The number of carbonyl (C=O) groups excluding carboxylic acids is 2. The zero-order valence-electron chi connectivity index (χ0n) is 14.2. The summed E-state index contributed by atoms with van der Waals surface area (Å²) in [6.45, 7) is 3.23. The molecule has 0 aliphatic carbocycles. The van der Waals surface area contributed by atoms with Gasteiger partial charge in [-0.2, -0.15) is 0 Å². The van der Waals surface area contributed by atoms with Crippen molar-refractivity contribution in [3.8, 4) is 0 Å².